The fraction of sp³-hybridized carbons (Fsp3) is 0.923. The van der Waals surface area contributed by atoms with E-state index in [1.54, 1.807) is 0 Å². The molecule has 0 aliphatic carbocycles. The maximum Gasteiger partial charge on any atom is 0.408 e. The van der Waals surface area contributed by atoms with E-state index in [9.17, 15) is 18.0 Å². The van der Waals surface area contributed by atoms with E-state index in [0.29, 0.717) is 19.6 Å². The number of rotatable bonds is 2. The number of likely N-dealkylation sites (tertiary alicyclic amines) is 1. The first kappa shape index (κ1) is 15.6. The summed E-state index contributed by atoms with van der Waals surface area (Å²) < 4.78 is 44.2. The van der Waals surface area contributed by atoms with Crippen molar-refractivity contribution < 1.29 is 22.7 Å². The lowest BCUT2D eigenvalue weighted by molar-refractivity contribution is -0.197. The van der Waals surface area contributed by atoms with Crippen molar-refractivity contribution in [2.24, 2.45) is 11.7 Å². The van der Waals surface area contributed by atoms with Gasteiger partial charge in [0.05, 0.1) is 0 Å². The summed E-state index contributed by atoms with van der Waals surface area (Å²) in [6.45, 7) is 1.17. The number of alkyl halides is 3. The predicted molar refractivity (Wildman–Crippen MR) is 66.9 cm³/mol. The van der Waals surface area contributed by atoms with E-state index in [1.165, 1.54) is 0 Å². The highest BCUT2D eigenvalue weighted by Gasteiger charge is 2.47. The summed E-state index contributed by atoms with van der Waals surface area (Å²) in [6, 6.07) is -2.03. The number of amides is 1. The summed E-state index contributed by atoms with van der Waals surface area (Å²) >= 11 is 0. The number of carbonyl (C=O) groups excluding carboxylic acids is 1. The number of hydrogen-bond acceptors (Lipinski definition) is 3. The van der Waals surface area contributed by atoms with Crippen LogP contribution in [0.1, 0.15) is 32.1 Å². The molecule has 7 heteroatoms. The number of ether oxygens (including phenoxy) is 1. The SMILES string of the molecule is NC1CCC(C(F)(F)F)N(C(=O)CC2CCOCC2)C1. The molecule has 2 aliphatic heterocycles. The summed E-state index contributed by atoms with van der Waals surface area (Å²) in [7, 11) is 0. The average molecular weight is 294 g/mol. The number of hydrogen-bond donors (Lipinski definition) is 1. The number of nitrogens with two attached hydrogens (primary N) is 1. The first-order chi connectivity index (χ1) is 9.38. The molecule has 2 saturated heterocycles. The van der Waals surface area contributed by atoms with Gasteiger partial charge in [0.15, 0.2) is 0 Å². The van der Waals surface area contributed by atoms with Gasteiger partial charge < -0.3 is 15.4 Å². The molecule has 2 aliphatic rings. The van der Waals surface area contributed by atoms with Crippen molar-refractivity contribution in [1.82, 2.24) is 4.90 Å². The van der Waals surface area contributed by atoms with Crippen LogP contribution in [0.25, 0.3) is 0 Å². The Kier molecular flexibility index (Phi) is 4.90. The molecule has 2 atom stereocenters. The third-order valence-electron chi connectivity index (χ3n) is 4.12. The summed E-state index contributed by atoms with van der Waals surface area (Å²) in [5.74, 6) is -0.294. The third-order valence-corrected chi connectivity index (χ3v) is 4.12. The standard InChI is InChI=1S/C13H21F3N2O2/c14-13(15,16)11-2-1-10(17)8-18(11)12(19)7-9-3-5-20-6-4-9/h9-11H,1-8,17H2. The number of nitrogens with zero attached hydrogens (tertiary/aromatic N) is 1. The predicted octanol–water partition coefficient (Wildman–Crippen LogP) is 1.68. The van der Waals surface area contributed by atoms with Crippen LogP contribution in [-0.4, -0.2) is 48.8 Å². The van der Waals surface area contributed by atoms with E-state index in [-0.39, 0.29) is 31.3 Å². The minimum Gasteiger partial charge on any atom is -0.381 e. The molecule has 0 aromatic carbocycles. The van der Waals surface area contributed by atoms with Crippen LogP contribution < -0.4 is 5.73 Å². The Balaban J connectivity index is 1.99. The van der Waals surface area contributed by atoms with Gasteiger partial charge in [0.1, 0.15) is 6.04 Å². The van der Waals surface area contributed by atoms with E-state index < -0.39 is 18.1 Å². The van der Waals surface area contributed by atoms with Crippen LogP contribution in [-0.2, 0) is 9.53 Å². The number of piperidine rings is 1. The van der Waals surface area contributed by atoms with Gasteiger partial charge in [-0.15, -0.1) is 0 Å². The maximum atomic E-state index is 13.0. The summed E-state index contributed by atoms with van der Waals surface area (Å²) in [4.78, 5) is 13.1. The fourth-order valence-electron chi connectivity index (χ4n) is 2.93. The molecule has 116 valence electrons. The van der Waals surface area contributed by atoms with Crippen molar-refractivity contribution in [3.8, 4) is 0 Å². The molecule has 0 bridgehead atoms. The normalized spacial score (nSPS) is 29.5. The average Bonchev–Trinajstić information content (AvgIpc) is 2.38. The summed E-state index contributed by atoms with van der Waals surface area (Å²) in [5, 5.41) is 0. The topological polar surface area (TPSA) is 55.6 Å². The first-order valence-corrected chi connectivity index (χ1v) is 7.07. The number of carbonyl (C=O) groups is 1. The van der Waals surface area contributed by atoms with E-state index in [1.807, 2.05) is 0 Å². The largest absolute Gasteiger partial charge is 0.408 e. The van der Waals surface area contributed by atoms with Gasteiger partial charge in [-0.3, -0.25) is 4.79 Å². The van der Waals surface area contributed by atoms with Gasteiger partial charge in [-0.05, 0) is 31.6 Å². The number of halogens is 3. The van der Waals surface area contributed by atoms with Crippen LogP contribution in [0.2, 0.25) is 0 Å². The minimum absolute atomic E-state index is 0.00618. The molecule has 2 rings (SSSR count). The smallest absolute Gasteiger partial charge is 0.381 e. The molecule has 0 saturated carbocycles. The summed E-state index contributed by atoms with van der Waals surface area (Å²) in [5.41, 5.74) is 5.72. The van der Waals surface area contributed by atoms with Crippen molar-refractivity contribution >= 4 is 5.91 Å². The van der Waals surface area contributed by atoms with E-state index in [0.717, 1.165) is 17.7 Å². The van der Waals surface area contributed by atoms with Gasteiger partial charge >= 0.3 is 6.18 Å². The molecule has 2 heterocycles. The van der Waals surface area contributed by atoms with Crippen molar-refractivity contribution in [3.05, 3.63) is 0 Å². The van der Waals surface area contributed by atoms with Gasteiger partial charge in [-0.2, -0.15) is 13.2 Å². The van der Waals surface area contributed by atoms with Crippen molar-refractivity contribution in [1.29, 1.82) is 0 Å². The Hall–Kier alpha value is -0.820. The van der Waals surface area contributed by atoms with Gasteiger partial charge in [-0.25, -0.2) is 0 Å². The Morgan fingerprint density at radius 2 is 1.85 bits per heavy atom. The van der Waals surface area contributed by atoms with Crippen LogP contribution in [0, 0.1) is 5.92 Å². The van der Waals surface area contributed by atoms with Gasteiger partial charge in [-0.1, -0.05) is 0 Å². The van der Waals surface area contributed by atoms with Gasteiger partial charge in [0.2, 0.25) is 5.91 Å². The van der Waals surface area contributed by atoms with Crippen molar-refractivity contribution in [2.45, 2.75) is 50.4 Å². The maximum absolute atomic E-state index is 13.0. The molecule has 2 unspecified atom stereocenters. The quantitative estimate of drug-likeness (QED) is 0.843. The highest BCUT2D eigenvalue weighted by molar-refractivity contribution is 5.77. The van der Waals surface area contributed by atoms with Crippen LogP contribution in [0.5, 0.6) is 0 Å². The molecule has 4 nitrogen and oxygen atoms in total. The zero-order chi connectivity index (χ0) is 14.8. The Labute approximate surface area is 116 Å². The molecular weight excluding hydrogens is 273 g/mol. The van der Waals surface area contributed by atoms with Crippen LogP contribution in [0.15, 0.2) is 0 Å². The third kappa shape index (κ3) is 3.85. The molecule has 2 N–H and O–H groups in total. The molecular formula is C13H21F3N2O2. The molecule has 0 spiro atoms. The van der Waals surface area contributed by atoms with E-state index >= 15 is 0 Å². The molecule has 0 aromatic rings. The second-order valence-corrected chi connectivity index (χ2v) is 5.70. The lowest BCUT2D eigenvalue weighted by atomic mass is 9.93. The molecule has 20 heavy (non-hydrogen) atoms. The Morgan fingerprint density at radius 3 is 2.45 bits per heavy atom. The molecule has 0 radical (unpaired) electrons. The van der Waals surface area contributed by atoms with E-state index in [2.05, 4.69) is 0 Å². The van der Waals surface area contributed by atoms with Gasteiger partial charge in [0, 0.05) is 32.2 Å². The summed E-state index contributed by atoms with van der Waals surface area (Å²) in [6.07, 6.45) is -2.51. The Bertz CT molecular complexity index is 343. The highest BCUT2D eigenvalue weighted by Crippen LogP contribution is 2.33. The lowest BCUT2D eigenvalue weighted by Crippen LogP contribution is -2.56. The zero-order valence-corrected chi connectivity index (χ0v) is 11.4. The fourth-order valence-corrected chi connectivity index (χ4v) is 2.93. The molecule has 2 fully saturated rings. The van der Waals surface area contributed by atoms with Crippen molar-refractivity contribution in [2.75, 3.05) is 19.8 Å². The molecule has 1 amide bonds. The van der Waals surface area contributed by atoms with Crippen LogP contribution >= 0.6 is 0 Å². The molecule has 0 aromatic heterocycles. The Morgan fingerprint density at radius 1 is 1.20 bits per heavy atom. The van der Waals surface area contributed by atoms with Gasteiger partial charge in [0.25, 0.3) is 0 Å². The minimum atomic E-state index is -4.37. The second-order valence-electron chi connectivity index (χ2n) is 5.70. The monoisotopic (exact) mass is 294 g/mol. The first-order valence-electron chi connectivity index (χ1n) is 7.07. The van der Waals surface area contributed by atoms with Crippen molar-refractivity contribution in [3.63, 3.8) is 0 Å². The second kappa shape index (κ2) is 6.30. The van der Waals surface area contributed by atoms with E-state index in [4.69, 9.17) is 10.5 Å². The highest BCUT2D eigenvalue weighted by atomic mass is 19.4. The zero-order valence-electron chi connectivity index (χ0n) is 11.4. The lowest BCUT2D eigenvalue weighted by Gasteiger charge is -2.40. The van der Waals surface area contributed by atoms with Crippen LogP contribution in [0.4, 0.5) is 13.2 Å². The van der Waals surface area contributed by atoms with Crippen LogP contribution in [0.3, 0.4) is 0 Å².